The first-order valence-electron chi connectivity index (χ1n) is 10.8. The Kier molecular flexibility index (Phi) is 7.48. The summed E-state index contributed by atoms with van der Waals surface area (Å²) in [5.74, 6) is -0.0402. The van der Waals surface area contributed by atoms with Gasteiger partial charge in [-0.3, -0.25) is 14.5 Å². The van der Waals surface area contributed by atoms with Gasteiger partial charge in [0.15, 0.2) is 6.61 Å². The number of thioether (sulfide) groups is 1. The van der Waals surface area contributed by atoms with Crippen molar-refractivity contribution in [2.24, 2.45) is 0 Å². The number of anilines is 1. The van der Waals surface area contributed by atoms with E-state index in [0.29, 0.717) is 38.5 Å². The van der Waals surface area contributed by atoms with Crippen molar-refractivity contribution in [3.63, 3.8) is 0 Å². The summed E-state index contributed by atoms with van der Waals surface area (Å²) in [5, 5.41) is 2.68. The minimum Gasteiger partial charge on any atom is -0.457 e. The quantitative estimate of drug-likeness (QED) is 0.265. The highest BCUT2D eigenvalue weighted by Gasteiger charge is 2.30. The summed E-state index contributed by atoms with van der Waals surface area (Å²) >= 11 is 6.48. The lowest BCUT2D eigenvalue weighted by atomic mass is 10.1. The lowest BCUT2D eigenvalue weighted by molar-refractivity contribution is -0.122. The highest BCUT2D eigenvalue weighted by Crippen LogP contribution is 2.33. The predicted octanol–water partition coefficient (Wildman–Crippen LogP) is 5.27. The zero-order valence-electron chi connectivity index (χ0n) is 19.1. The maximum Gasteiger partial charge on any atom is 0.338 e. The van der Waals surface area contributed by atoms with E-state index >= 15 is 0 Å². The van der Waals surface area contributed by atoms with Gasteiger partial charge in [-0.1, -0.05) is 53.8 Å². The first kappa shape index (κ1) is 24.4. The summed E-state index contributed by atoms with van der Waals surface area (Å²) in [6.45, 7) is 3.96. The van der Waals surface area contributed by atoms with Gasteiger partial charge >= 0.3 is 5.97 Å². The number of rotatable bonds is 7. The Bertz CT molecular complexity index is 1310. The molecule has 0 saturated carbocycles. The Hall–Kier alpha value is -3.69. The lowest BCUT2D eigenvalue weighted by Crippen LogP contribution is -2.27. The molecule has 0 atom stereocenters. The summed E-state index contributed by atoms with van der Waals surface area (Å²) in [6.07, 6.45) is 1.67. The number of aryl methyl sites for hydroxylation is 1. The van der Waals surface area contributed by atoms with E-state index in [4.69, 9.17) is 21.4 Å². The van der Waals surface area contributed by atoms with Crippen LogP contribution in [0.15, 0.2) is 70.0 Å². The number of carbonyl (C=O) groups excluding carboxylic acids is 3. The molecule has 2 heterocycles. The number of carbonyl (C=O) groups is 3. The van der Waals surface area contributed by atoms with Crippen LogP contribution in [0, 0.1) is 6.92 Å². The highest BCUT2D eigenvalue weighted by atomic mass is 32.2. The third kappa shape index (κ3) is 5.87. The second-order valence-electron chi connectivity index (χ2n) is 7.70. The van der Waals surface area contributed by atoms with E-state index in [1.165, 1.54) is 11.8 Å². The van der Waals surface area contributed by atoms with Crippen molar-refractivity contribution in [1.82, 2.24) is 4.90 Å². The average Bonchev–Trinajstić information content (AvgIpc) is 3.43. The number of likely N-dealkylation sites (N-methyl/N-ethyl adjacent to an activating group) is 1. The minimum atomic E-state index is -0.603. The first-order chi connectivity index (χ1) is 16.8. The number of thiocarbonyl (C=S) groups is 1. The van der Waals surface area contributed by atoms with Crippen molar-refractivity contribution in [2.45, 2.75) is 13.8 Å². The average molecular weight is 507 g/mol. The molecule has 1 aliphatic heterocycles. The molecule has 0 radical (unpaired) electrons. The van der Waals surface area contributed by atoms with Gasteiger partial charge in [0.2, 0.25) is 0 Å². The molecule has 1 fully saturated rings. The van der Waals surface area contributed by atoms with Gasteiger partial charge in [0.1, 0.15) is 15.8 Å². The molecule has 35 heavy (non-hydrogen) atoms. The Balaban J connectivity index is 1.34. The van der Waals surface area contributed by atoms with Gasteiger partial charge in [-0.05, 0) is 50.2 Å². The van der Waals surface area contributed by atoms with Crippen molar-refractivity contribution < 1.29 is 23.5 Å². The molecule has 9 heteroatoms. The first-order valence-corrected chi connectivity index (χ1v) is 12.1. The molecule has 1 saturated heterocycles. The molecule has 178 valence electrons. The van der Waals surface area contributed by atoms with Gasteiger partial charge in [0.05, 0.1) is 10.5 Å². The Morgan fingerprint density at radius 2 is 1.80 bits per heavy atom. The molecule has 3 aromatic rings. The Morgan fingerprint density at radius 3 is 2.46 bits per heavy atom. The summed E-state index contributed by atoms with van der Waals surface area (Å²) in [4.78, 5) is 38.8. The van der Waals surface area contributed by atoms with Gasteiger partial charge in [-0.2, -0.15) is 0 Å². The monoisotopic (exact) mass is 506 g/mol. The van der Waals surface area contributed by atoms with Crippen molar-refractivity contribution in [3.8, 4) is 11.3 Å². The lowest BCUT2D eigenvalue weighted by Gasteiger charge is -2.09. The van der Waals surface area contributed by atoms with E-state index in [9.17, 15) is 14.4 Å². The van der Waals surface area contributed by atoms with Crippen LogP contribution >= 0.6 is 24.0 Å². The maximum absolute atomic E-state index is 12.4. The minimum absolute atomic E-state index is 0.129. The second kappa shape index (κ2) is 10.7. The molecule has 0 spiro atoms. The van der Waals surface area contributed by atoms with Crippen molar-refractivity contribution in [2.75, 3.05) is 18.5 Å². The number of esters is 1. The highest BCUT2D eigenvalue weighted by molar-refractivity contribution is 8.26. The summed E-state index contributed by atoms with van der Waals surface area (Å²) < 4.78 is 11.5. The third-order valence-corrected chi connectivity index (χ3v) is 6.54. The van der Waals surface area contributed by atoms with E-state index in [-0.39, 0.29) is 12.5 Å². The Morgan fingerprint density at radius 1 is 1.09 bits per heavy atom. The third-order valence-electron chi connectivity index (χ3n) is 5.16. The van der Waals surface area contributed by atoms with Crippen LogP contribution in [0.25, 0.3) is 17.4 Å². The van der Waals surface area contributed by atoms with E-state index < -0.39 is 11.9 Å². The zero-order valence-corrected chi connectivity index (χ0v) is 20.7. The molecule has 2 amide bonds. The number of nitrogens with one attached hydrogen (secondary N) is 1. The van der Waals surface area contributed by atoms with Crippen molar-refractivity contribution >= 4 is 57.8 Å². The summed E-state index contributed by atoms with van der Waals surface area (Å²) in [7, 11) is 0. The molecule has 0 aliphatic carbocycles. The van der Waals surface area contributed by atoms with Crippen molar-refractivity contribution in [3.05, 3.63) is 82.5 Å². The number of furan rings is 1. The normalized spacial score (nSPS) is 14.5. The molecule has 1 N–H and O–H groups in total. The van der Waals surface area contributed by atoms with Crippen LogP contribution in [-0.2, 0) is 14.3 Å². The molecule has 1 aromatic heterocycles. The van der Waals surface area contributed by atoms with E-state index in [0.717, 1.165) is 11.1 Å². The predicted molar refractivity (Wildman–Crippen MR) is 140 cm³/mol. The van der Waals surface area contributed by atoms with Gasteiger partial charge < -0.3 is 14.5 Å². The number of benzene rings is 2. The molecule has 7 nitrogen and oxygen atoms in total. The molecular formula is C26H22N2O5S2. The number of ether oxygens (including phenoxy) is 1. The molecule has 2 aromatic carbocycles. The van der Waals surface area contributed by atoms with Gasteiger partial charge in [-0.25, -0.2) is 4.79 Å². The molecule has 0 unspecified atom stereocenters. The summed E-state index contributed by atoms with van der Waals surface area (Å²) in [6, 6.07) is 17.5. The van der Waals surface area contributed by atoms with Crippen LogP contribution in [0.3, 0.4) is 0 Å². The number of hydrogen-bond acceptors (Lipinski definition) is 7. The maximum atomic E-state index is 12.4. The van der Waals surface area contributed by atoms with Gasteiger partial charge in [0.25, 0.3) is 11.8 Å². The molecule has 0 bridgehead atoms. The van der Waals surface area contributed by atoms with Gasteiger partial charge in [0, 0.05) is 23.9 Å². The standard InChI is InChI=1S/C26H22N2O5S2/c1-3-28-24(30)22(35-26(28)34)14-20-12-13-21(33-20)17-6-8-18(9-7-17)25(31)32-15-23(29)27-19-10-4-16(2)5-11-19/h4-14H,3,15H2,1-2H3,(H,27,29). The van der Waals surface area contributed by atoms with Crippen molar-refractivity contribution in [1.29, 1.82) is 0 Å². The van der Waals surface area contributed by atoms with Crippen LogP contribution in [-0.4, -0.2) is 40.2 Å². The fraction of sp³-hybridized carbons (Fsp3) is 0.154. The molecule has 1 aliphatic rings. The SMILES string of the molecule is CCN1C(=O)C(=Cc2ccc(-c3ccc(C(=O)OCC(=O)Nc4ccc(C)cc4)cc3)o2)SC1=S. The van der Waals surface area contributed by atoms with Crippen LogP contribution < -0.4 is 5.32 Å². The zero-order chi connectivity index (χ0) is 24.9. The number of hydrogen-bond donors (Lipinski definition) is 1. The fourth-order valence-corrected chi connectivity index (χ4v) is 4.67. The van der Waals surface area contributed by atoms with E-state index in [2.05, 4.69) is 5.32 Å². The van der Waals surface area contributed by atoms with E-state index in [1.807, 2.05) is 26.0 Å². The topological polar surface area (TPSA) is 88.8 Å². The van der Waals surface area contributed by atoms with Crippen LogP contribution in [0.2, 0.25) is 0 Å². The number of amides is 2. The van der Waals surface area contributed by atoms with Crippen LogP contribution in [0.4, 0.5) is 5.69 Å². The van der Waals surface area contributed by atoms with Gasteiger partial charge in [-0.15, -0.1) is 0 Å². The summed E-state index contributed by atoms with van der Waals surface area (Å²) in [5.41, 5.74) is 2.78. The van der Waals surface area contributed by atoms with Crippen LogP contribution in [0.5, 0.6) is 0 Å². The Labute approximate surface area is 212 Å². The largest absolute Gasteiger partial charge is 0.457 e. The fourth-order valence-electron chi connectivity index (χ4n) is 3.31. The van der Waals surface area contributed by atoms with E-state index in [1.54, 1.807) is 59.5 Å². The second-order valence-corrected chi connectivity index (χ2v) is 9.37. The molecule has 4 rings (SSSR count). The smallest absolute Gasteiger partial charge is 0.338 e. The molecular weight excluding hydrogens is 484 g/mol. The number of nitrogens with zero attached hydrogens (tertiary/aromatic N) is 1. The van der Waals surface area contributed by atoms with Crippen LogP contribution in [0.1, 0.15) is 28.6 Å².